The Morgan fingerprint density at radius 2 is 0.358 bits per heavy atom. The first-order valence-corrected chi connectivity index (χ1v) is 42.7. The molecule has 23 aromatic rings. The molecule has 0 nitrogen and oxygen atoms in total. The second kappa shape index (κ2) is 31.8. The lowest BCUT2D eigenvalue weighted by molar-refractivity contribution is 0.769. The maximum atomic E-state index is 2.49. The van der Waals surface area contributed by atoms with Crippen molar-refractivity contribution in [3.05, 3.63) is 520 Å². The van der Waals surface area contributed by atoms with Crippen LogP contribution in [0, 0.1) is 0 Å². The van der Waals surface area contributed by atoms with Gasteiger partial charge in [-0.3, -0.25) is 0 Å². The molecule has 123 heavy (non-hydrogen) atoms. The van der Waals surface area contributed by atoms with Crippen molar-refractivity contribution < 1.29 is 0 Å². The average molecular weight is 1560 g/mol. The van der Waals surface area contributed by atoms with Crippen molar-refractivity contribution in [2.75, 3.05) is 0 Å². The Kier molecular flexibility index (Phi) is 19.0. The van der Waals surface area contributed by atoms with Crippen LogP contribution in [0.5, 0.6) is 0 Å². The van der Waals surface area contributed by atoms with Crippen LogP contribution in [0.2, 0.25) is 0 Å². The Morgan fingerprint density at radius 1 is 0.114 bits per heavy atom. The summed E-state index contributed by atoms with van der Waals surface area (Å²) in [6.45, 7) is 0. The summed E-state index contributed by atoms with van der Waals surface area (Å²) in [5, 5.41) is 20.4. The minimum Gasteiger partial charge on any atom is -0.0622 e. The van der Waals surface area contributed by atoms with E-state index in [0.717, 1.165) is 0 Å². The van der Waals surface area contributed by atoms with Crippen molar-refractivity contribution in [2.24, 2.45) is 0 Å². The lowest BCUT2D eigenvalue weighted by atomic mass is 9.67. The lowest BCUT2D eigenvalue weighted by Gasteiger charge is -2.34. The summed E-state index contributed by atoms with van der Waals surface area (Å²) in [7, 11) is 0. The third kappa shape index (κ3) is 12.9. The summed E-state index contributed by atoms with van der Waals surface area (Å²) in [5.74, 6) is 0. The van der Waals surface area contributed by atoms with E-state index in [1.54, 1.807) is 0 Å². The summed E-state index contributed by atoms with van der Waals surface area (Å²) < 4.78 is 0. The molecular formula is C123H82. The van der Waals surface area contributed by atoms with E-state index in [0.29, 0.717) is 0 Å². The van der Waals surface area contributed by atoms with E-state index in [1.807, 2.05) is 0 Å². The van der Waals surface area contributed by atoms with Crippen molar-refractivity contribution in [1.29, 1.82) is 0 Å². The van der Waals surface area contributed by atoms with E-state index in [9.17, 15) is 0 Å². The summed E-state index contributed by atoms with van der Waals surface area (Å²) >= 11 is 0. The van der Waals surface area contributed by atoms with E-state index in [2.05, 4.69) is 497 Å². The minimum atomic E-state index is -0.431. The maximum absolute atomic E-state index is 2.49. The zero-order chi connectivity index (χ0) is 81.6. The first kappa shape index (κ1) is 73.5. The first-order chi connectivity index (χ1) is 61.1. The third-order valence-electron chi connectivity index (χ3n) is 25.5. The maximum Gasteiger partial charge on any atom is 0.0713 e. The zero-order valence-corrected chi connectivity index (χ0v) is 67.8. The summed E-state index contributed by atoms with van der Waals surface area (Å²) in [5.41, 5.74) is 30.1. The molecule has 0 heteroatoms. The topological polar surface area (TPSA) is 0 Å². The van der Waals surface area contributed by atoms with Crippen LogP contribution in [-0.4, -0.2) is 0 Å². The second-order valence-electron chi connectivity index (χ2n) is 32.2. The molecule has 0 amide bonds. The van der Waals surface area contributed by atoms with Gasteiger partial charge in [0.05, 0.1) is 5.41 Å². The monoisotopic (exact) mass is 1560 g/mol. The highest BCUT2D eigenvalue weighted by Crippen LogP contribution is 2.58. The number of hydrogen-bond donors (Lipinski definition) is 0. The van der Waals surface area contributed by atoms with Gasteiger partial charge in [0.1, 0.15) is 0 Å². The van der Waals surface area contributed by atoms with Crippen LogP contribution < -0.4 is 0 Å². The molecule has 0 radical (unpaired) electrons. The highest BCUT2D eigenvalue weighted by molar-refractivity contribution is 6.26. The van der Waals surface area contributed by atoms with Crippen LogP contribution in [0.15, 0.2) is 497 Å². The Bertz CT molecular complexity index is 7720. The van der Waals surface area contributed by atoms with E-state index in [-0.39, 0.29) is 0 Å². The van der Waals surface area contributed by atoms with E-state index >= 15 is 0 Å². The van der Waals surface area contributed by atoms with Gasteiger partial charge >= 0.3 is 0 Å². The molecule has 0 saturated heterocycles. The molecule has 0 aromatic heterocycles. The number of hydrogen-bond acceptors (Lipinski definition) is 0. The predicted octanol–water partition coefficient (Wildman–Crippen LogP) is 33.7. The highest BCUT2D eigenvalue weighted by Gasteiger charge is 2.46. The molecule has 0 aliphatic heterocycles. The van der Waals surface area contributed by atoms with Crippen LogP contribution in [0.3, 0.4) is 0 Å². The summed E-state index contributed by atoms with van der Waals surface area (Å²) in [6, 6.07) is 181. The molecule has 0 bridgehead atoms. The molecule has 0 N–H and O–H groups in total. The van der Waals surface area contributed by atoms with E-state index < -0.39 is 5.41 Å². The SMILES string of the molecule is c1ccc(-c2c3ccccc3c(-c3ccc4c(c3)C(c3ccccc3)(c3ccccc3)c3ccccc3-4)c3ccccc23)cc1.c1ccc(-c2ccc(-c3c4ccccc4c(-c4ccccc4-c4ccccc4)c4ccccc34)cc2)cc1.c1ccc(-c2ccccc2-c2c3ccccc3c(-c3ccc4ccc5ccccc5c4c3)c3ccccc23)cc1. The lowest BCUT2D eigenvalue weighted by Crippen LogP contribution is -2.28. The summed E-state index contributed by atoms with van der Waals surface area (Å²) in [4.78, 5) is 0. The smallest absolute Gasteiger partial charge is 0.0622 e. The van der Waals surface area contributed by atoms with Gasteiger partial charge < -0.3 is 0 Å². The minimum absolute atomic E-state index is 0.431. The molecule has 1 aliphatic rings. The largest absolute Gasteiger partial charge is 0.0713 e. The van der Waals surface area contributed by atoms with Gasteiger partial charge in [0.15, 0.2) is 0 Å². The van der Waals surface area contributed by atoms with Gasteiger partial charge in [-0.25, -0.2) is 0 Å². The Hall–Kier alpha value is -15.9. The predicted molar refractivity (Wildman–Crippen MR) is 526 cm³/mol. The Labute approximate surface area is 717 Å². The van der Waals surface area contributed by atoms with Crippen LogP contribution in [-0.2, 0) is 5.41 Å². The van der Waals surface area contributed by atoms with Gasteiger partial charge in [-0.2, -0.15) is 0 Å². The second-order valence-corrected chi connectivity index (χ2v) is 32.2. The van der Waals surface area contributed by atoms with Gasteiger partial charge in [0.25, 0.3) is 0 Å². The van der Waals surface area contributed by atoms with Crippen LogP contribution in [0.1, 0.15) is 22.3 Å². The Balaban J connectivity index is 0.000000110. The van der Waals surface area contributed by atoms with Crippen molar-refractivity contribution in [2.45, 2.75) is 5.41 Å². The van der Waals surface area contributed by atoms with Gasteiger partial charge in [-0.05, 0) is 232 Å². The fourth-order valence-corrected chi connectivity index (χ4v) is 20.2. The van der Waals surface area contributed by atoms with Crippen molar-refractivity contribution >= 4 is 86.2 Å². The molecule has 0 unspecified atom stereocenters. The average Bonchev–Trinajstić information content (AvgIpc) is 1.47. The third-order valence-corrected chi connectivity index (χ3v) is 25.5. The molecule has 23 aromatic carbocycles. The van der Waals surface area contributed by atoms with Gasteiger partial charge in [-0.1, -0.05) is 485 Å². The van der Waals surface area contributed by atoms with E-state index in [1.165, 1.54) is 220 Å². The Morgan fingerprint density at radius 3 is 0.772 bits per heavy atom. The number of fused-ring (bicyclic) bond motifs is 12. The molecule has 0 spiro atoms. The highest BCUT2D eigenvalue weighted by atomic mass is 14.5. The van der Waals surface area contributed by atoms with Crippen molar-refractivity contribution in [3.63, 3.8) is 0 Å². The normalized spacial score (nSPS) is 12.0. The standard InChI is InChI=1S/C45H30.C40H26.C38H26/c1-4-16-31(17-5-1)43-37-23-10-12-25-39(37)44(40-26-13-11-24-38(40)43)32-28-29-36-35-22-14-15-27-41(35)45(42(36)30-32,33-18-6-2-7-19-33)34-20-8-3-9-21-34;1-2-12-27(13-3-1)31-15-6-7-17-33(31)40-36-20-10-8-18-34(36)39(35-19-9-11-21-37(35)40)30-25-24-29-23-22-28-14-4-5-16-32(28)38(29)26-30;1-3-13-27(14-4-1)28-23-25-30(26-24-28)37-33-19-9-11-21-35(33)38(36-22-12-10-20-34(36)37)32-18-8-7-17-31(32)29-15-5-2-6-16-29/h1-30H;1-26H;1-26H. The van der Waals surface area contributed by atoms with Gasteiger partial charge in [0, 0.05) is 0 Å². The van der Waals surface area contributed by atoms with Gasteiger partial charge in [-0.15, -0.1) is 0 Å². The molecule has 0 atom stereocenters. The molecule has 1 aliphatic carbocycles. The molecule has 0 saturated carbocycles. The molecule has 0 heterocycles. The molecule has 24 rings (SSSR count). The summed E-state index contributed by atoms with van der Waals surface area (Å²) in [6.07, 6.45) is 0. The molecule has 0 fully saturated rings. The fourth-order valence-electron chi connectivity index (χ4n) is 20.2. The van der Waals surface area contributed by atoms with E-state index in [4.69, 9.17) is 0 Å². The molecular weight excluding hydrogens is 1480 g/mol. The number of rotatable bonds is 11. The van der Waals surface area contributed by atoms with Gasteiger partial charge in [0.2, 0.25) is 0 Å². The van der Waals surface area contributed by atoms with Crippen molar-refractivity contribution in [3.8, 4) is 111 Å². The van der Waals surface area contributed by atoms with Crippen LogP contribution in [0.4, 0.5) is 0 Å². The zero-order valence-electron chi connectivity index (χ0n) is 67.8. The number of benzene rings is 23. The quantitative estimate of drug-likeness (QED) is 0.0894. The molecule has 574 valence electrons. The fraction of sp³-hybridized carbons (Fsp3) is 0.00813. The van der Waals surface area contributed by atoms with Crippen LogP contribution >= 0.6 is 0 Å². The van der Waals surface area contributed by atoms with Crippen LogP contribution in [0.25, 0.3) is 197 Å². The first-order valence-electron chi connectivity index (χ1n) is 42.7. The van der Waals surface area contributed by atoms with Crippen molar-refractivity contribution in [1.82, 2.24) is 0 Å².